The summed E-state index contributed by atoms with van der Waals surface area (Å²) in [6.45, 7) is 3.83. The number of ether oxygens (including phenoxy) is 2. The third-order valence-corrected chi connectivity index (χ3v) is 7.46. The van der Waals surface area contributed by atoms with E-state index in [1.807, 2.05) is 47.4 Å². The number of hydrogen-bond donors (Lipinski definition) is 1. The fraction of sp³-hybridized carbons (Fsp3) is 0.462. The first kappa shape index (κ1) is 22.8. The highest BCUT2D eigenvalue weighted by Gasteiger charge is 2.43. The maximum atomic E-state index is 13.4. The standard InChI is InChI=1S/C26H30ClN3O4/c27-20-4-6-21(7-5-20)29-11-13-30(14-12-29)24(31)18-28-25(32)26(9-1-2-10-26)19-3-8-22-23(17-19)34-16-15-33-22/h3-8,17H,1-2,9-16,18H2,(H,28,32). The van der Waals surface area contributed by atoms with E-state index in [1.165, 1.54) is 0 Å². The highest BCUT2D eigenvalue weighted by atomic mass is 35.5. The van der Waals surface area contributed by atoms with Crippen LogP contribution in [0.15, 0.2) is 42.5 Å². The molecule has 1 saturated heterocycles. The van der Waals surface area contributed by atoms with Gasteiger partial charge in [0.05, 0.1) is 12.0 Å². The Bertz CT molecular complexity index is 1040. The number of nitrogens with zero attached hydrogens (tertiary/aromatic N) is 2. The van der Waals surface area contributed by atoms with Gasteiger partial charge in [0.25, 0.3) is 0 Å². The molecule has 2 heterocycles. The van der Waals surface area contributed by atoms with Crippen LogP contribution in [0.3, 0.4) is 0 Å². The molecule has 0 aromatic heterocycles. The number of anilines is 1. The number of amides is 2. The fourth-order valence-corrected chi connectivity index (χ4v) is 5.40. The van der Waals surface area contributed by atoms with E-state index in [4.69, 9.17) is 21.1 Å². The number of fused-ring (bicyclic) bond motifs is 1. The van der Waals surface area contributed by atoms with Crippen molar-refractivity contribution >= 4 is 29.1 Å². The van der Waals surface area contributed by atoms with Crippen LogP contribution in [0.4, 0.5) is 5.69 Å². The summed E-state index contributed by atoms with van der Waals surface area (Å²) in [5.74, 6) is 1.29. The monoisotopic (exact) mass is 483 g/mol. The second-order valence-electron chi connectivity index (χ2n) is 9.17. The molecule has 7 nitrogen and oxygen atoms in total. The maximum absolute atomic E-state index is 13.4. The highest BCUT2D eigenvalue weighted by Crippen LogP contribution is 2.44. The van der Waals surface area contributed by atoms with E-state index in [-0.39, 0.29) is 18.4 Å². The molecule has 1 N–H and O–H groups in total. The van der Waals surface area contributed by atoms with Gasteiger partial charge in [-0.1, -0.05) is 30.5 Å². The molecule has 2 aromatic carbocycles. The Morgan fingerprint density at radius 2 is 1.59 bits per heavy atom. The number of carbonyl (C=O) groups excluding carboxylic acids is 2. The largest absolute Gasteiger partial charge is 0.486 e. The molecule has 34 heavy (non-hydrogen) atoms. The second kappa shape index (κ2) is 9.74. The number of piperazine rings is 1. The Morgan fingerprint density at radius 1 is 0.912 bits per heavy atom. The van der Waals surface area contributed by atoms with Gasteiger partial charge in [-0.2, -0.15) is 0 Å². The Morgan fingerprint density at radius 3 is 2.29 bits per heavy atom. The molecule has 2 amide bonds. The summed E-state index contributed by atoms with van der Waals surface area (Å²) in [7, 11) is 0. The average molecular weight is 484 g/mol. The van der Waals surface area contributed by atoms with Crippen LogP contribution in [0.25, 0.3) is 0 Å². The smallest absolute Gasteiger partial charge is 0.242 e. The van der Waals surface area contributed by atoms with Gasteiger partial charge in [-0.25, -0.2) is 0 Å². The molecular formula is C26H30ClN3O4. The van der Waals surface area contributed by atoms with E-state index in [9.17, 15) is 9.59 Å². The molecule has 0 radical (unpaired) electrons. The number of benzene rings is 2. The van der Waals surface area contributed by atoms with Gasteiger partial charge in [-0.3, -0.25) is 9.59 Å². The Kier molecular flexibility index (Phi) is 6.55. The Labute approximate surface area is 205 Å². The third-order valence-electron chi connectivity index (χ3n) is 7.21. The zero-order valence-corrected chi connectivity index (χ0v) is 20.0. The van der Waals surface area contributed by atoms with Crippen molar-refractivity contribution in [2.75, 3.05) is 50.8 Å². The van der Waals surface area contributed by atoms with Crippen LogP contribution in [0, 0.1) is 0 Å². The van der Waals surface area contributed by atoms with Crippen LogP contribution in [-0.2, 0) is 15.0 Å². The van der Waals surface area contributed by atoms with Gasteiger partial charge in [0.1, 0.15) is 13.2 Å². The third kappa shape index (κ3) is 4.53. The van der Waals surface area contributed by atoms with Gasteiger partial charge in [-0.05, 0) is 54.8 Å². The first-order valence-corrected chi connectivity index (χ1v) is 12.4. The highest BCUT2D eigenvalue weighted by molar-refractivity contribution is 6.30. The van der Waals surface area contributed by atoms with Crippen molar-refractivity contribution in [2.45, 2.75) is 31.1 Å². The molecule has 0 bridgehead atoms. The van der Waals surface area contributed by atoms with Crippen molar-refractivity contribution < 1.29 is 19.1 Å². The molecule has 0 unspecified atom stereocenters. The molecular weight excluding hydrogens is 454 g/mol. The van der Waals surface area contributed by atoms with Crippen LogP contribution in [0.1, 0.15) is 31.2 Å². The number of halogens is 1. The SMILES string of the molecule is O=C(CNC(=O)C1(c2ccc3c(c2)OCCO3)CCCC1)N1CCN(c2ccc(Cl)cc2)CC1. The minimum atomic E-state index is -0.622. The summed E-state index contributed by atoms with van der Waals surface area (Å²) < 4.78 is 11.4. The first-order valence-electron chi connectivity index (χ1n) is 12.0. The summed E-state index contributed by atoms with van der Waals surface area (Å²) in [6, 6.07) is 13.6. The van der Waals surface area contributed by atoms with Gasteiger partial charge in [-0.15, -0.1) is 0 Å². The lowest BCUT2D eigenvalue weighted by atomic mass is 9.77. The number of carbonyl (C=O) groups is 2. The lowest BCUT2D eigenvalue weighted by Gasteiger charge is -2.36. The van der Waals surface area contributed by atoms with Gasteiger partial charge in [0.2, 0.25) is 11.8 Å². The minimum absolute atomic E-state index is 0.0199. The maximum Gasteiger partial charge on any atom is 0.242 e. The van der Waals surface area contributed by atoms with E-state index in [0.29, 0.717) is 37.1 Å². The van der Waals surface area contributed by atoms with Crippen molar-refractivity contribution in [3.05, 3.63) is 53.1 Å². The van der Waals surface area contributed by atoms with Gasteiger partial charge >= 0.3 is 0 Å². The summed E-state index contributed by atoms with van der Waals surface area (Å²) in [5, 5.41) is 3.67. The predicted octanol–water partition coefficient (Wildman–Crippen LogP) is 3.39. The minimum Gasteiger partial charge on any atom is -0.486 e. The van der Waals surface area contributed by atoms with Crippen molar-refractivity contribution in [1.29, 1.82) is 0 Å². The average Bonchev–Trinajstić information content (AvgIpc) is 3.39. The number of nitrogens with one attached hydrogen (secondary N) is 1. The van der Waals surface area contributed by atoms with E-state index in [1.54, 1.807) is 0 Å². The number of rotatable bonds is 5. The summed E-state index contributed by atoms with van der Waals surface area (Å²) >= 11 is 5.99. The molecule has 3 aliphatic rings. The lowest BCUT2D eigenvalue weighted by Crippen LogP contribution is -2.52. The van der Waals surface area contributed by atoms with E-state index in [2.05, 4.69) is 10.2 Å². The predicted molar refractivity (Wildman–Crippen MR) is 131 cm³/mol. The molecule has 1 aliphatic carbocycles. The second-order valence-corrected chi connectivity index (χ2v) is 9.61. The van der Waals surface area contributed by atoms with Crippen LogP contribution in [0.5, 0.6) is 11.5 Å². The number of hydrogen-bond acceptors (Lipinski definition) is 5. The van der Waals surface area contributed by atoms with E-state index >= 15 is 0 Å². The van der Waals surface area contributed by atoms with Crippen molar-refractivity contribution in [3.63, 3.8) is 0 Å². The van der Waals surface area contributed by atoms with Gasteiger partial charge in [0.15, 0.2) is 11.5 Å². The van der Waals surface area contributed by atoms with Crippen LogP contribution >= 0.6 is 11.6 Å². The van der Waals surface area contributed by atoms with Gasteiger partial charge < -0.3 is 24.6 Å². The van der Waals surface area contributed by atoms with Crippen LogP contribution in [0.2, 0.25) is 5.02 Å². The Hall–Kier alpha value is -2.93. The zero-order chi connectivity index (χ0) is 23.5. The van der Waals surface area contributed by atoms with Crippen molar-refractivity contribution in [1.82, 2.24) is 10.2 Å². The summed E-state index contributed by atoms with van der Waals surface area (Å²) in [6.07, 6.45) is 3.52. The molecule has 1 saturated carbocycles. The van der Waals surface area contributed by atoms with Crippen molar-refractivity contribution in [3.8, 4) is 11.5 Å². The molecule has 8 heteroatoms. The topological polar surface area (TPSA) is 71.1 Å². The van der Waals surface area contributed by atoms with Crippen LogP contribution < -0.4 is 19.7 Å². The lowest BCUT2D eigenvalue weighted by molar-refractivity contribution is -0.134. The molecule has 0 atom stereocenters. The molecule has 2 aromatic rings. The molecule has 180 valence electrons. The molecule has 2 fully saturated rings. The molecule has 5 rings (SSSR count). The summed E-state index contributed by atoms with van der Waals surface area (Å²) in [4.78, 5) is 30.4. The van der Waals surface area contributed by atoms with Gasteiger partial charge in [0, 0.05) is 36.9 Å². The fourth-order valence-electron chi connectivity index (χ4n) is 5.27. The first-order chi connectivity index (χ1) is 16.5. The zero-order valence-electron chi connectivity index (χ0n) is 19.2. The van der Waals surface area contributed by atoms with Crippen molar-refractivity contribution in [2.24, 2.45) is 0 Å². The van der Waals surface area contributed by atoms with E-state index < -0.39 is 5.41 Å². The molecule has 0 spiro atoms. The normalized spacial score (nSPS) is 19.1. The molecule has 2 aliphatic heterocycles. The summed E-state index contributed by atoms with van der Waals surface area (Å²) in [5.41, 5.74) is 1.42. The quantitative estimate of drug-likeness (QED) is 0.706. The Balaban J connectivity index is 1.19. The van der Waals surface area contributed by atoms with E-state index in [0.717, 1.165) is 55.8 Å². The van der Waals surface area contributed by atoms with Crippen LogP contribution in [-0.4, -0.2) is 62.7 Å².